The third kappa shape index (κ3) is 2.54. The summed E-state index contributed by atoms with van der Waals surface area (Å²) < 4.78 is 25.3. The van der Waals surface area contributed by atoms with Crippen molar-refractivity contribution in [3.63, 3.8) is 0 Å². The molecule has 80 valence electrons. The molecule has 1 aromatic rings. The molecular weight excluding hydrogens is 220 g/mol. The smallest absolute Gasteiger partial charge is 0.252 e. The van der Waals surface area contributed by atoms with E-state index in [-0.39, 0.29) is 0 Å². The molecule has 0 atom stereocenters. The van der Waals surface area contributed by atoms with E-state index in [1.54, 1.807) is 24.6 Å². The molecule has 4 nitrogen and oxygen atoms in total. The Balaban J connectivity index is 2.76. The van der Waals surface area contributed by atoms with Crippen LogP contribution in [0.15, 0.2) is 21.7 Å². The van der Waals surface area contributed by atoms with Crippen molar-refractivity contribution < 1.29 is 8.42 Å². The van der Waals surface area contributed by atoms with Crippen LogP contribution in [0.2, 0.25) is 0 Å². The molecule has 0 aromatic carbocycles. The highest BCUT2D eigenvalue weighted by molar-refractivity contribution is 7.91. The quantitative estimate of drug-likeness (QED) is 0.816. The van der Waals surface area contributed by atoms with Gasteiger partial charge in [-0.05, 0) is 24.4 Å². The normalized spacial score (nSPS) is 12.2. The summed E-state index contributed by atoms with van der Waals surface area (Å²) >= 11 is 1.23. The summed E-state index contributed by atoms with van der Waals surface area (Å²) in [5.74, 6) is 0. The first kappa shape index (κ1) is 11.6. The fourth-order valence-electron chi connectivity index (χ4n) is 0.998. The van der Waals surface area contributed by atoms with Crippen molar-refractivity contribution in [1.82, 2.24) is 4.31 Å². The Kier molecular flexibility index (Phi) is 4.06. The molecule has 2 N–H and O–H groups in total. The molecular formula is C8H14N2O2S2. The lowest BCUT2D eigenvalue weighted by molar-refractivity contribution is 0.465. The zero-order chi connectivity index (χ0) is 10.6. The molecule has 0 aliphatic rings. The van der Waals surface area contributed by atoms with Crippen molar-refractivity contribution >= 4 is 21.4 Å². The summed E-state index contributed by atoms with van der Waals surface area (Å²) in [6.07, 6.45) is 0.682. The third-order valence-corrected chi connectivity index (χ3v) is 5.07. The number of rotatable bonds is 5. The highest BCUT2D eigenvalue weighted by Crippen LogP contribution is 2.19. The molecule has 1 aromatic heterocycles. The first-order chi connectivity index (χ1) is 6.59. The second kappa shape index (κ2) is 4.88. The highest BCUT2D eigenvalue weighted by atomic mass is 32.2. The molecule has 0 saturated carbocycles. The number of hydrogen-bond acceptors (Lipinski definition) is 4. The number of hydrogen-bond donors (Lipinski definition) is 1. The first-order valence-corrected chi connectivity index (χ1v) is 6.61. The van der Waals surface area contributed by atoms with E-state index in [0.717, 1.165) is 0 Å². The van der Waals surface area contributed by atoms with Gasteiger partial charge in [0, 0.05) is 13.6 Å². The molecule has 0 radical (unpaired) electrons. The summed E-state index contributed by atoms with van der Waals surface area (Å²) in [5.41, 5.74) is 5.32. The fourth-order valence-corrected chi connectivity index (χ4v) is 3.41. The summed E-state index contributed by atoms with van der Waals surface area (Å²) in [5, 5.41) is 1.75. The largest absolute Gasteiger partial charge is 0.330 e. The predicted octanol–water partition coefficient (Wildman–Crippen LogP) is 0.717. The molecule has 0 aliphatic heterocycles. The molecule has 0 spiro atoms. The summed E-state index contributed by atoms with van der Waals surface area (Å²) in [4.78, 5) is 0. The van der Waals surface area contributed by atoms with Gasteiger partial charge in [-0.25, -0.2) is 12.7 Å². The summed E-state index contributed by atoms with van der Waals surface area (Å²) in [6, 6.07) is 3.34. The maximum absolute atomic E-state index is 11.8. The molecule has 0 saturated heterocycles. The van der Waals surface area contributed by atoms with Crippen LogP contribution in [0, 0.1) is 0 Å². The SMILES string of the molecule is CN(CCCN)S(=O)(=O)c1cccs1. The van der Waals surface area contributed by atoms with E-state index in [9.17, 15) is 8.42 Å². The summed E-state index contributed by atoms with van der Waals surface area (Å²) in [6.45, 7) is 0.973. The summed E-state index contributed by atoms with van der Waals surface area (Å²) in [7, 11) is -1.70. The molecule has 1 rings (SSSR count). The van der Waals surface area contributed by atoms with Crippen molar-refractivity contribution in [2.75, 3.05) is 20.1 Å². The lowest BCUT2D eigenvalue weighted by Gasteiger charge is -2.14. The zero-order valence-electron chi connectivity index (χ0n) is 8.01. The van der Waals surface area contributed by atoms with Gasteiger partial charge in [-0.2, -0.15) is 0 Å². The average Bonchev–Trinajstić information content (AvgIpc) is 2.67. The van der Waals surface area contributed by atoms with E-state index in [2.05, 4.69) is 0 Å². The van der Waals surface area contributed by atoms with Crippen LogP contribution in [0.1, 0.15) is 6.42 Å². The number of nitrogens with zero attached hydrogens (tertiary/aromatic N) is 1. The minimum Gasteiger partial charge on any atom is -0.330 e. The van der Waals surface area contributed by atoms with Crippen molar-refractivity contribution in [2.45, 2.75) is 10.6 Å². The van der Waals surface area contributed by atoms with E-state index in [1.165, 1.54) is 15.6 Å². The van der Waals surface area contributed by atoms with Gasteiger partial charge in [0.05, 0.1) is 0 Å². The van der Waals surface area contributed by atoms with Crippen LogP contribution in [0.3, 0.4) is 0 Å². The second-order valence-electron chi connectivity index (χ2n) is 2.90. The average molecular weight is 234 g/mol. The minimum atomic E-state index is -3.27. The maximum Gasteiger partial charge on any atom is 0.252 e. The highest BCUT2D eigenvalue weighted by Gasteiger charge is 2.20. The molecule has 0 fully saturated rings. The zero-order valence-corrected chi connectivity index (χ0v) is 9.64. The Morgan fingerprint density at radius 3 is 2.79 bits per heavy atom. The van der Waals surface area contributed by atoms with Crippen LogP contribution >= 0.6 is 11.3 Å². The molecule has 0 amide bonds. The maximum atomic E-state index is 11.8. The van der Waals surface area contributed by atoms with E-state index < -0.39 is 10.0 Å². The molecule has 0 bridgehead atoms. The second-order valence-corrected chi connectivity index (χ2v) is 6.12. The Hall–Kier alpha value is -0.430. The van der Waals surface area contributed by atoms with Crippen molar-refractivity contribution in [3.05, 3.63) is 17.5 Å². The molecule has 0 aliphatic carbocycles. The lowest BCUT2D eigenvalue weighted by Crippen LogP contribution is -2.28. The Morgan fingerprint density at radius 1 is 1.57 bits per heavy atom. The van der Waals surface area contributed by atoms with Gasteiger partial charge < -0.3 is 5.73 Å². The van der Waals surface area contributed by atoms with E-state index in [4.69, 9.17) is 5.73 Å². The van der Waals surface area contributed by atoms with Crippen LogP contribution in [-0.2, 0) is 10.0 Å². The standard InChI is InChI=1S/C8H14N2O2S2/c1-10(6-3-5-9)14(11,12)8-4-2-7-13-8/h2,4,7H,3,5-6,9H2,1H3. The number of thiophene rings is 1. The van der Waals surface area contributed by atoms with Crippen LogP contribution in [-0.4, -0.2) is 32.9 Å². The topological polar surface area (TPSA) is 63.4 Å². The fraction of sp³-hybridized carbons (Fsp3) is 0.500. The van der Waals surface area contributed by atoms with Gasteiger partial charge in [-0.15, -0.1) is 11.3 Å². The van der Waals surface area contributed by atoms with E-state index in [1.807, 2.05) is 0 Å². The van der Waals surface area contributed by atoms with E-state index >= 15 is 0 Å². The van der Waals surface area contributed by atoms with Crippen LogP contribution in [0.4, 0.5) is 0 Å². The van der Waals surface area contributed by atoms with Crippen molar-refractivity contribution in [2.24, 2.45) is 5.73 Å². The molecule has 6 heteroatoms. The van der Waals surface area contributed by atoms with Crippen molar-refractivity contribution in [1.29, 1.82) is 0 Å². The van der Waals surface area contributed by atoms with Gasteiger partial charge >= 0.3 is 0 Å². The van der Waals surface area contributed by atoms with Gasteiger partial charge in [-0.3, -0.25) is 0 Å². The molecule has 0 unspecified atom stereocenters. The van der Waals surface area contributed by atoms with Crippen LogP contribution in [0.5, 0.6) is 0 Å². The van der Waals surface area contributed by atoms with Gasteiger partial charge in [0.1, 0.15) is 4.21 Å². The van der Waals surface area contributed by atoms with Gasteiger partial charge in [0.15, 0.2) is 0 Å². The van der Waals surface area contributed by atoms with Gasteiger partial charge in [0.2, 0.25) is 0 Å². The first-order valence-electron chi connectivity index (χ1n) is 4.29. The Labute approximate surface area is 88.4 Å². The van der Waals surface area contributed by atoms with E-state index in [0.29, 0.717) is 23.7 Å². The Bertz CT molecular complexity index is 359. The Morgan fingerprint density at radius 2 is 2.29 bits per heavy atom. The van der Waals surface area contributed by atoms with Crippen molar-refractivity contribution in [3.8, 4) is 0 Å². The lowest BCUT2D eigenvalue weighted by atomic mass is 10.4. The minimum absolute atomic E-state index is 0.386. The third-order valence-electron chi connectivity index (χ3n) is 1.84. The monoisotopic (exact) mass is 234 g/mol. The predicted molar refractivity (Wildman–Crippen MR) is 57.8 cm³/mol. The molecule has 14 heavy (non-hydrogen) atoms. The van der Waals surface area contributed by atoms with Gasteiger partial charge in [0.25, 0.3) is 10.0 Å². The van der Waals surface area contributed by atoms with Gasteiger partial charge in [-0.1, -0.05) is 6.07 Å². The molecule has 1 heterocycles. The number of sulfonamides is 1. The van der Waals surface area contributed by atoms with Crippen LogP contribution < -0.4 is 5.73 Å². The number of nitrogens with two attached hydrogens (primary N) is 1. The van der Waals surface area contributed by atoms with Crippen LogP contribution in [0.25, 0.3) is 0 Å².